The van der Waals surface area contributed by atoms with Crippen molar-refractivity contribution in [3.8, 4) is 0 Å². The van der Waals surface area contributed by atoms with E-state index in [9.17, 15) is 4.79 Å². The normalized spacial score (nSPS) is 15.0. The lowest BCUT2D eigenvalue weighted by Crippen LogP contribution is -2.33. The Morgan fingerprint density at radius 3 is 1.94 bits per heavy atom. The molecule has 1 fully saturated rings. The van der Waals surface area contributed by atoms with E-state index >= 15 is 0 Å². The van der Waals surface area contributed by atoms with Crippen molar-refractivity contribution in [1.29, 1.82) is 0 Å². The second-order valence-electron chi connectivity index (χ2n) is 4.22. The Morgan fingerprint density at radius 2 is 1.62 bits per heavy atom. The molecule has 1 aromatic carbocycles. The van der Waals surface area contributed by atoms with Crippen LogP contribution >= 0.6 is 0 Å². The van der Waals surface area contributed by atoms with E-state index in [4.69, 9.17) is 0 Å². The minimum Gasteiger partial charge on any atom is -0.343 e. The molecule has 0 unspecified atom stereocenters. The second-order valence-corrected chi connectivity index (χ2v) is 4.22. The average molecular weight is 219 g/mol. The maximum atomic E-state index is 10.7. The quantitative estimate of drug-likeness (QED) is 0.657. The molecule has 1 aliphatic heterocycles. The van der Waals surface area contributed by atoms with Crippen molar-refractivity contribution in [2.45, 2.75) is 33.1 Å². The van der Waals surface area contributed by atoms with Crippen LogP contribution < -0.4 is 0 Å². The Balaban J connectivity index is 0.000000165. The predicted octanol–water partition coefficient (Wildman–Crippen LogP) is 3.01. The summed E-state index contributed by atoms with van der Waals surface area (Å²) < 4.78 is 0. The first-order valence-electron chi connectivity index (χ1n) is 5.97. The van der Waals surface area contributed by atoms with Gasteiger partial charge in [0.25, 0.3) is 0 Å². The minimum absolute atomic E-state index is 0.231. The van der Waals surface area contributed by atoms with Gasteiger partial charge in [0.15, 0.2) is 0 Å². The number of carbonyl (C=O) groups excluding carboxylic acids is 1. The van der Waals surface area contributed by atoms with Crippen molar-refractivity contribution >= 4 is 5.91 Å². The number of amides is 1. The Kier molecular flexibility index (Phi) is 5.62. The van der Waals surface area contributed by atoms with Crippen molar-refractivity contribution in [2.24, 2.45) is 0 Å². The molecule has 0 saturated carbocycles. The van der Waals surface area contributed by atoms with Gasteiger partial charge >= 0.3 is 0 Å². The third-order valence-electron chi connectivity index (χ3n) is 2.74. The van der Waals surface area contributed by atoms with E-state index in [-0.39, 0.29) is 5.91 Å². The zero-order valence-electron chi connectivity index (χ0n) is 10.3. The van der Waals surface area contributed by atoms with Crippen LogP contribution in [0.25, 0.3) is 0 Å². The molecule has 16 heavy (non-hydrogen) atoms. The fraction of sp³-hybridized carbons (Fsp3) is 0.500. The lowest BCUT2D eigenvalue weighted by atomic mass is 10.1. The van der Waals surface area contributed by atoms with Crippen LogP contribution in [-0.2, 0) is 4.79 Å². The average Bonchev–Trinajstić information content (AvgIpc) is 2.32. The highest BCUT2D eigenvalue weighted by Gasteiger charge is 2.10. The first kappa shape index (κ1) is 12.8. The van der Waals surface area contributed by atoms with E-state index in [0.717, 1.165) is 13.1 Å². The van der Waals surface area contributed by atoms with Crippen LogP contribution in [0.5, 0.6) is 0 Å². The molecule has 2 heteroatoms. The summed E-state index contributed by atoms with van der Waals surface area (Å²) in [6, 6.07) is 10.3. The number of hydrogen-bond donors (Lipinski definition) is 0. The maximum absolute atomic E-state index is 10.7. The molecule has 0 atom stereocenters. The Hall–Kier alpha value is -1.31. The maximum Gasteiger partial charge on any atom is 0.219 e. The van der Waals surface area contributed by atoms with Crippen molar-refractivity contribution in [3.05, 3.63) is 35.9 Å². The molecular formula is C14H21NO. The number of rotatable bonds is 0. The Morgan fingerprint density at radius 1 is 1.06 bits per heavy atom. The molecule has 0 aromatic heterocycles. The molecule has 0 spiro atoms. The number of piperidine rings is 1. The van der Waals surface area contributed by atoms with Crippen LogP contribution in [-0.4, -0.2) is 23.9 Å². The minimum atomic E-state index is 0.231. The molecule has 1 heterocycles. The van der Waals surface area contributed by atoms with Gasteiger partial charge in [0, 0.05) is 20.0 Å². The van der Waals surface area contributed by atoms with E-state index in [1.54, 1.807) is 6.92 Å². The van der Waals surface area contributed by atoms with E-state index in [1.165, 1.54) is 24.8 Å². The number of carbonyl (C=O) groups is 1. The molecule has 0 aliphatic carbocycles. The molecular weight excluding hydrogens is 198 g/mol. The van der Waals surface area contributed by atoms with Gasteiger partial charge < -0.3 is 4.90 Å². The lowest BCUT2D eigenvalue weighted by molar-refractivity contribution is -0.129. The molecule has 0 bridgehead atoms. The Labute approximate surface area is 98.3 Å². The van der Waals surface area contributed by atoms with E-state index in [1.807, 2.05) is 23.1 Å². The topological polar surface area (TPSA) is 20.3 Å². The van der Waals surface area contributed by atoms with Gasteiger partial charge in [-0.1, -0.05) is 35.9 Å². The molecule has 2 rings (SSSR count). The number of nitrogens with zero attached hydrogens (tertiary/aromatic N) is 1. The van der Waals surface area contributed by atoms with Crippen LogP contribution in [0.4, 0.5) is 0 Å². The van der Waals surface area contributed by atoms with Gasteiger partial charge in [-0.2, -0.15) is 0 Å². The Bertz CT molecular complexity index is 302. The summed E-state index contributed by atoms with van der Waals surface area (Å²) in [5.74, 6) is 0.231. The van der Waals surface area contributed by atoms with Crippen LogP contribution in [0.15, 0.2) is 30.3 Å². The third-order valence-corrected chi connectivity index (χ3v) is 2.74. The number of hydrogen-bond acceptors (Lipinski definition) is 1. The lowest BCUT2D eigenvalue weighted by Gasteiger charge is -2.24. The summed E-state index contributed by atoms with van der Waals surface area (Å²) in [4.78, 5) is 12.6. The van der Waals surface area contributed by atoms with Crippen LogP contribution in [0, 0.1) is 6.92 Å². The number of likely N-dealkylation sites (tertiary alicyclic amines) is 1. The zero-order chi connectivity index (χ0) is 11.8. The predicted molar refractivity (Wildman–Crippen MR) is 67.3 cm³/mol. The SMILES string of the molecule is CC(=O)N1CCCCC1.Cc1ccccc1. The monoisotopic (exact) mass is 219 g/mol. The second kappa shape index (κ2) is 7.04. The summed E-state index contributed by atoms with van der Waals surface area (Å²) in [7, 11) is 0. The molecule has 1 saturated heterocycles. The molecule has 0 radical (unpaired) electrons. The molecule has 1 amide bonds. The summed E-state index contributed by atoms with van der Waals surface area (Å²) in [5, 5.41) is 0. The fourth-order valence-corrected chi connectivity index (χ4v) is 1.74. The van der Waals surface area contributed by atoms with Gasteiger partial charge in [0.1, 0.15) is 0 Å². The van der Waals surface area contributed by atoms with Crippen molar-refractivity contribution in [1.82, 2.24) is 4.90 Å². The van der Waals surface area contributed by atoms with E-state index in [0.29, 0.717) is 0 Å². The highest BCUT2D eigenvalue weighted by atomic mass is 16.2. The molecule has 88 valence electrons. The summed E-state index contributed by atoms with van der Waals surface area (Å²) in [6.07, 6.45) is 3.68. The fourth-order valence-electron chi connectivity index (χ4n) is 1.74. The first-order chi connectivity index (χ1) is 7.70. The van der Waals surface area contributed by atoms with Gasteiger partial charge in [-0.25, -0.2) is 0 Å². The highest BCUT2D eigenvalue weighted by molar-refractivity contribution is 5.73. The van der Waals surface area contributed by atoms with Crippen LogP contribution in [0.1, 0.15) is 31.7 Å². The van der Waals surface area contributed by atoms with Crippen molar-refractivity contribution in [3.63, 3.8) is 0 Å². The third kappa shape index (κ3) is 4.96. The molecule has 1 aliphatic rings. The van der Waals surface area contributed by atoms with Gasteiger partial charge in [0.2, 0.25) is 5.91 Å². The van der Waals surface area contributed by atoms with Crippen molar-refractivity contribution in [2.75, 3.05) is 13.1 Å². The molecule has 2 nitrogen and oxygen atoms in total. The van der Waals surface area contributed by atoms with E-state index in [2.05, 4.69) is 19.1 Å². The smallest absolute Gasteiger partial charge is 0.219 e. The first-order valence-corrected chi connectivity index (χ1v) is 5.97. The van der Waals surface area contributed by atoms with Gasteiger partial charge in [-0.05, 0) is 26.2 Å². The standard InChI is InChI=1S/C7H13NO.C7H8/c1-7(9)8-5-3-2-4-6-8;1-7-5-3-2-4-6-7/h2-6H2,1H3;2-6H,1H3. The van der Waals surface area contributed by atoms with Crippen LogP contribution in [0.2, 0.25) is 0 Å². The summed E-state index contributed by atoms with van der Waals surface area (Å²) in [6.45, 7) is 5.69. The van der Waals surface area contributed by atoms with Gasteiger partial charge in [0.05, 0.1) is 0 Å². The molecule has 1 aromatic rings. The number of aryl methyl sites for hydroxylation is 1. The van der Waals surface area contributed by atoms with Gasteiger partial charge in [-0.15, -0.1) is 0 Å². The molecule has 0 N–H and O–H groups in total. The zero-order valence-corrected chi connectivity index (χ0v) is 10.3. The number of benzene rings is 1. The van der Waals surface area contributed by atoms with Crippen LogP contribution in [0.3, 0.4) is 0 Å². The van der Waals surface area contributed by atoms with Gasteiger partial charge in [-0.3, -0.25) is 4.79 Å². The largest absolute Gasteiger partial charge is 0.343 e. The summed E-state index contributed by atoms with van der Waals surface area (Å²) in [5.41, 5.74) is 1.32. The van der Waals surface area contributed by atoms with E-state index < -0.39 is 0 Å². The summed E-state index contributed by atoms with van der Waals surface area (Å²) >= 11 is 0. The van der Waals surface area contributed by atoms with Crippen molar-refractivity contribution < 1.29 is 4.79 Å². The highest BCUT2D eigenvalue weighted by Crippen LogP contribution is 2.07.